The summed E-state index contributed by atoms with van der Waals surface area (Å²) in [5.74, 6) is 0.485. The molecular formula is C11H8N4O. The first kappa shape index (κ1) is 8.84. The van der Waals surface area contributed by atoms with E-state index in [1.807, 2.05) is 12.1 Å². The van der Waals surface area contributed by atoms with E-state index in [0.29, 0.717) is 11.6 Å². The molecule has 3 aromatic rings. The number of nitrogens with one attached hydrogen (secondary N) is 1. The molecular weight excluding hydrogens is 204 g/mol. The molecule has 16 heavy (non-hydrogen) atoms. The van der Waals surface area contributed by atoms with Crippen molar-refractivity contribution in [3.8, 4) is 5.95 Å². The molecule has 78 valence electrons. The Labute approximate surface area is 90.4 Å². The van der Waals surface area contributed by atoms with Crippen LogP contribution in [0.4, 0.5) is 0 Å². The highest BCUT2D eigenvalue weighted by molar-refractivity contribution is 5.71. The van der Waals surface area contributed by atoms with Crippen molar-refractivity contribution >= 4 is 11.2 Å². The van der Waals surface area contributed by atoms with Crippen molar-refractivity contribution < 1.29 is 0 Å². The molecule has 0 aromatic carbocycles. The lowest BCUT2D eigenvalue weighted by Crippen LogP contribution is -2.16. The molecule has 3 rings (SSSR count). The minimum atomic E-state index is -0.124. The minimum Gasteiger partial charge on any atom is -0.322 e. The van der Waals surface area contributed by atoms with Gasteiger partial charge >= 0.3 is 0 Å². The molecule has 3 heterocycles. The quantitative estimate of drug-likeness (QED) is 0.657. The second kappa shape index (κ2) is 3.30. The third kappa shape index (κ3) is 1.30. The maximum Gasteiger partial charge on any atom is 0.257 e. The Morgan fingerprint density at radius 3 is 2.94 bits per heavy atom. The molecule has 0 unspecified atom stereocenters. The fourth-order valence-electron chi connectivity index (χ4n) is 1.55. The van der Waals surface area contributed by atoms with Gasteiger partial charge in [-0.25, -0.2) is 4.98 Å². The number of hydrogen-bond donors (Lipinski definition) is 1. The van der Waals surface area contributed by atoms with Gasteiger partial charge in [-0.05, 0) is 18.2 Å². The number of H-pyrrole nitrogens is 1. The first-order chi connectivity index (χ1) is 7.84. The van der Waals surface area contributed by atoms with E-state index < -0.39 is 0 Å². The SMILES string of the molecule is O=c1ccccn1-c1nc2ncccc2[nH]1. The maximum atomic E-state index is 11.6. The molecule has 0 fully saturated rings. The second-order valence-electron chi connectivity index (χ2n) is 3.34. The molecule has 0 saturated carbocycles. The van der Waals surface area contributed by atoms with Crippen LogP contribution in [0, 0.1) is 0 Å². The average Bonchev–Trinajstić information content (AvgIpc) is 2.73. The molecule has 0 spiro atoms. The van der Waals surface area contributed by atoms with Crippen molar-refractivity contribution in [3.05, 3.63) is 53.1 Å². The Morgan fingerprint density at radius 2 is 2.12 bits per heavy atom. The first-order valence-electron chi connectivity index (χ1n) is 4.83. The van der Waals surface area contributed by atoms with E-state index in [1.165, 1.54) is 10.6 Å². The molecule has 0 aliphatic carbocycles. The summed E-state index contributed by atoms with van der Waals surface area (Å²) in [5, 5.41) is 0. The molecule has 0 radical (unpaired) electrons. The number of aromatic nitrogens is 4. The van der Waals surface area contributed by atoms with Crippen LogP contribution in [-0.2, 0) is 0 Å². The molecule has 5 nitrogen and oxygen atoms in total. The van der Waals surface area contributed by atoms with E-state index in [-0.39, 0.29) is 5.56 Å². The van der Waals surface area contributed by atoms with E-state index in [1.54, 1.807) is 24.5 Å². The van der Waals surface area contributed by atoms with Crippen LogP contribution in [0.2, 0.25) is 0 Å². The van der Waals surface area contributed by atoms with Crippen LogP contribution in [0.15, 0.2) is 47.5 Å². The van der Waals surface area contributed by atoms with Crippen molar-refractivity contribution in [1.29, 1.82) is 0 Å². The standard InChI is InChI=1S/C11H8N4O/c16-9-5-1-2-7-15(9)11-13-8-4-3-6-12-10(8)14-11/h1-7H,(H,12,13,14). The smallest absolute Gasteiger partial charge is 0.257 e. The Morgan fingerprint density at radius 1 is 1.19 bits per heavy atom. The second-order valence-corrected chi connectivity index (χ2v) is 3.34. The number of imidazole rings is 1. The topological polar surface area (TPSA) is 63.6 Å². The van der Waals surface area contributed by atoms with Crippen molar-refractivity contribution in [3.63, 3.8) is 0 Å². The predicted molar refractivity (Wildman–Crippen MR) is 59.5 cm³/mol. The van der Waals surface area contributed by atoms with Crippen LogP contribution in [0.1, 0.15) is 0 Å². The summed E-state index contributed by atoms with van der Waals surface area (Å²) in [7, 11) is 0. The van der Waals surface area contributed by atoms with Gasteiger partial charge in [0.25, 0.3) is 5.56 Å². The van der Waals surface area contributed by atoms with Crippen LogP contribution in [-0.4, -0.2) is 19.5 Å². The van der Waals surface area contributed by atoms with E-state index in [9.17, 15) is 4.79 Å². The van der Waals surface area contributed by atoms with Crippen molar-refractivity contribution in [2.45, 2.75) is 0 Å². The normalized spacial score (nSPS) is 10.8. The molecule has 0 aliphatic rings. The molecule has 0 amide bonds. The summed E-state index contributed by atoms with van der Waals surface area (Å²) in [6, 6.07) is 8.65. The Balaban J connectivity index is 2.27. The van der Waals surface area contributed by atoms with Gasteiger partial charge < -0.3 is 4.98 Å². The molecule has 0 bridgehead atoms. The summed E-state index contributed by atoms with van der Waals surface area (Å²) in [4.78, 5) is 23.0. The molecule has 0 saturated heterocycles. The van der Waals surface area contributed by atoms with Gasteiger partial charge in [-0.1, -0.05) is 6.07 Å². The highest BCUT2D eigenvalue weighted by Crippen LogP contribution is 2.08. The van der Waals surface area contributed by atoms with Crippen molar-refractivity contribution in [1.82, 2.24) is 19.5 Å². The largest absolute Gasteiger partial charge is 0.322 e. The lowest BCUT2D eigenvalue weighted by atomic mass is 10.4. The number of fused-ring (bicyclic) bond motifs is 1. The third-order valence-corrected chi connectivity index (χ3v) is 2.30. The summed E-state index contributed by atoms with van der Waals surface area (Å²) < 4.78 is 1.45. The zero-order valence-electron chi connectivity index (χ0n) is 8.29. The number of rotatable bonds is 1. The number of hydrogen-bond acceptors (Lipinski definition) is 3. The lowest BCUT2D eigenvalue weighted by Gasteiger charge is -1.97. The van der Waals surface area contributed by atoms with E-state index in [0.717, 1.165) is 5.52 Å². The highest BCUT2D eigenvalue weighted by atomic mass is 16.1. The first-order valence-corrected chi connectivity index (χ1v) is 4.83. The molecule has 0 atom stereocenters. The van der Waals surface area contributed by atoms with Crippen molar-refractivity contribution in [2.75, 3.05) is 0 Å². The monoisotopic (exact) mass is 212 g/mol. The predicted octanol–water partition coefficient (Wildman–Crippen LogP) is 1.11. The Hall–Kier alpha value is -2.43. The minimum absolute atomic E-state index is 0.124. The maximum absolute atomic E-state index is 11.6. The zero-order valence-corrected chi connectivity index (χ0v) is 8.29. The Kier molecular flexibility index (Phi) is 1.83. The van der Waals surface area contributed by atoms with Crippen molar-refractivity contribution in [2.24, 2.45) is 0 Å². The van der Waals surface area contributed by atoms with Crippen LogP contribution in [0.3, 0.4) is 0 Å². The van der Waals surface area contributed by atoms with Gasteiger partial charge in [0.2, 0.25) is 5.95 Å². The summed E-state index contributed by atoms with van der Waals surface area (Å²) in [6.45, 7) is 0. The zero-order chi connectivity index (χ0) is 11.0. The molecule has 3 aromatic heterocycles. The fourth-order valence-corrected chi connectivity index (χ4v) is 1.55. The fraction of sp³-hybridized carbons (Fsp3) is 0. The lowest BCUT2D eigenvalue weighted by molar-refractivity contribution is 0.917. The van der Waals surface area contributed by atoms with Gasteiger partial charge in [0, 0.05) is 18.5 Å². The highest BCUT2D eigenvalue weighted by Gasteiger charge is 2.05. The van der Waals surface area contributed by atoms with Crippen LogP contribution in [0.5, 0.6) is 0 Å². The van der Waals surface area contributed by atoms with Gasteiger partial charge in [0.15, 0.2) is 5.65 Å². The van der Waals surface area contributed by atoms with Gasteiger partial charge in [-0.2, -0.15) is 4.98 Å². The van der Waals surface area contributed by atoms with Gasteiger partial charge in [-0.3, -0.25) is 9.36 Å². The summed E-state index contributed by atoms with van der Waals surface area (Å²) in [5.41, 5.74) is 1.29. The van der Waals surface area contributed by atoms with E-state index in [2.05, 4.69) is 15.0 Å². The summed E-state index contributed by atoms with van der Waals surface area (Å²) in [6.07, 6.45) is 3.33. The molecule has 5 heteroatoms. The van der Waals surface area contributed by atoms with Gasteiger partial charge in [-0.15, -0.1) is 0 Å². The average molecular weight is 212 g/mol. The third-order valence-electron chi connectivity index (χ3n) is 2.30. The van der Waals surface area contributed by atoms with Crippen LogP contribution < -0.4 is 5.56 Å². The number of pyridine rings is 2. The van der Waals surface area contributed by atoms with Crippen LogP contribution in [0.25, 0.3) is 17.1 Å². The van der Waals surface area contributed by atoms with Gasteiger partial charge in [0.05, 0.1) is 5.52 Å². The molecule has 0 aliphatic heterocycles. The number of aromatic amines is 1. The van der Waals surface area contributed by atoms with E-state index >= 15 is 0 Å². The Bertz CT molecular complexity index is 665. The van der Waals surface area contributed by atoms with Gasteiger partial charge in [0.1, 0.15) is 0 Å². The summed E-state index contributed by atoms with van der Waals surface area (Å²) >= 11 is 0. The van der Waals surface area contributed by atoms with Crippen LogP contribution >= 0.6 is 0 Å². The molecule has 1 N–H and O–H groups in total. The number of nitrogens with zero attached hydrogens (tertiary/aromatic N) is 3. The van der Waals surface area contributed by atoms with E-state index in [4.69, 9.17) is 0 Å².